The molecule has 0 aromatic rings. The number of hydrogen-bond donors (Lipinski definition) is 2. The Morgan fingerprint density at radius 2 is 1.21 bits per heavy atom. The number of carbonyl (C=O) groups is 1. The highest BCUT2D eigenvalue weighted by Crippen LogP contribution is 2.33. The monoisotopic (exact) mass is 505 g/mol. The standard InChI is InChI=1S/C27H56NO5P/c1-4-5-6-7-8-9-10-11-12-13-14-15-16-17-18-19-20-21-22-27(33-26(2)29)25-32-34(30)31-24-23-28-3/h27-28,30H,4-25H2,1-3H3. The molecule has 0 bridgehead atoms. The summed E-state index contributed by atoms with van der Waals surface area (Å²) in [6, 6.07) is 0. The fraction of sp³-hybridized carbons (Fsp3) is 0.963. The number of nitrogens with one attached hydrogen (secondary N) is 1. The minimum Gasteiger partial charge on any atom is -0.460 e. The van der Waals surface area contributed by atoms with Crippen LogP contribution >= 0.6 is 8.60 Å². The third-order valence-corrected chi connectivity index (χ3v) is 6.91. The normalized spacial score (nSPS) is 13.2. The van der Waals surface area contributed by atoms with E-state index in [0.717, 1.165) is 19.3 Å². The molecule has 204 valence electrons. The number of ether oxygens (including phenoxy) is 1. The van der Waals surface area contributed by atoms with E-state index >= 15 is 0 Å². The lowest BCUT2D eigenvalue weighted by atomic mass is 10.0. The molecule has 0 aliphatic rings. The van der Waals surface area contributed by atoms with Crippen molar-refractivity contribution in [2.45, 2.75) is 142 Å². The van der Waals surface area contributed by atoms with Crippen LogP contribution in [-0.2, 0) is 18.6 Å². The zero-order valence-corrected chi connectivity index (χ0v) is 23.6. The molecule has 6 nitrogen and oxygen atoms in total. The van der Waals surface area contributed by atoms with Crippen molar-refractivity contribution >= 4 is 14.6 Å². The quantitative estimate of drug-likeness (QED) is 0.0673. The van der Waals surface area contributed by atoms with Gasteiger partial charge in [0.2, 0.25) is 0 Å². The molecular weight excluding hydrogens is 449 g/mol. The first-order valence-corrected chi connectivity index (χ1v) is 15.3. The lowest BCUT2D eigenvalue weighted by Gasteiger charge is -2.18. The van der Waals surface area contributed by atoms with Gasteiger partial charge < -0.3 is 24.0 Å². The van der Waals surface area contributed by atoms with Crippen LogP contribution in [0.1, 0.15) is 136 Å². The maximum absolute atomic E-state index is 11.3. The lowest BCUT2D eigenvalue weighted by molar-refractivity contribution is -0.148. The van der Waals surface area contributed by atoms with Gasteiger partial charge in [0.1, 0.15) is 6.10 Å². The molecule has 2 unspecified atom stereocenters. The third kappa shape index (κ3) is 26.3. The van der Waals surface area contributed by atoms with Crippen LogP contribution in [-0.4, -0.2) is 43.8 Å². The summed E-state index contributed by atoms with van der Waals surface area (Å²) in [5.74, 6) is -0.311. The highest BCUT2D eigenvalue weighted by molar-refractivity contribution is 7.40. The number of unbranched alkanes of at least 4 members (excludes halogenated alkanes) is 17. The van der Waals surface area contributed by atoms with Gasteiger partial charge in [-0.1, -0.05) is 116 Å². The predicted octanol–water partition coefficient (Wildman–Crippen LogP) is 7.82. The van der Waals surface area contributed by atoms with E-state index in [1.165, 1.54) is 110 Å². The molecule has 0 rings (SSSR count). The van der Waals surface area contributed by atoms with Gasteiger partial charge in [-0.05, 0) is 19.9 Å². The van der Waals surface area contributed by atoms with E-state index in [4.69, 9.17) is 13.8 Å². The van der Waals surface area contributed by atoms with Gasteiger partial charge in [0, 0.05) is 13.5 Å². The highest BCUT2D eigenvalue weighted by Gasteiger charge is 2.16. The second-order valence-electron chi connectivity index (χ2n) is 9.50. The van der Waals surface area contributed by atoms with Gasteiger partial charge in [0.05, 0.1) is 13.2 Å². The van der Waals surface area contributed by atoms with Crippen molar-refractivity contribution in [2.24, 2.45) is 0 Å². The van der Waals surface area contributed by atoms with Crippen LogP contribution in [0.15, 0.2) is 0 Å². The maximum atomic E-state index is 11.3. The van der Waals surface area contributed by atoms with Gasteiger partial charge in [0.15, 0.2) is 0 Å². The fourth-order valence-electron chi connectivity index (χ4n) is 4.09. The highest BCUT2D eigenvalue weighted by atomic mass is 31.2. The maximum Gasteiger partial charge on any atom is 0.330 e. The SMILES string of the molecule is CCCCCCCCCCCCCCCCCCCCC(COP(O)OCCNC)OC(C)=O. The van der Waals surface area contributed by atoms with Crippen LogP contribution < -0.4 is 5.32 Å². The summed E-state index contributed by atoms with van der Waals surface area (Å²) in [4.78, 5) is 21.1. The van der Waals surface area contributed by atoms with Crippen LogP contribution in [0.25, 0.3) is 0 Å². The van der Waals surface area contributed by atoms with Crippen molar-refractivity contribution in [2.75, 3.05) is 26.8 Å². The molecule has 0 radical (unpaired) electrons. The Balaban J connectivity index is 3.49. The molecule has 0 aromatic carbocycles. The molecule has 0 fully saturated rings. The topological polar surface area (TPSA) is 77.0 Å². The molecule has 0 heterocycles. The van der Waals surface area contributed by atoms with Crippen LogP contribution in [0.3, 0.4) is 0 Å². The number of rotatable bonds is 27. The van der Waals surface area contributed by atoms with E-state index in [2.05, 4.69) is 12.2 Å². The van der Waals surface area contributed by atoms with Crippen LogP contribution in [0.2, 0.25) is 0 Å². The Hall–Kier alpha value is -0.260. The molecule has 0 spiro atoms. The van der Waals surface area contributed by atoms with Gasteiger partial charge in [-0.25, -0.2) is 0 Å². The number of likely N-dealkylation sites (N-methyl/N-ethyl adjacent to an activating group) is 1. The number of esters is 1. The summed E-state index contributed by atoms with van der Waals surface area (Å²) in [5, 5.41) is 2.94. The third-order valence-electron chi connectivity index (χ3n) is 6.14. The average Bonchev–Trinajstić information content (AvgIpc) is 2.81. The van der Waals surface area contributed by atoms with Gasteiger partial charge in [-0.2, -0.15) is 0 Å². The molecule has 34 heavy (non-hydrogen) atoms. The molecule has 0 saturated carbocycles. The van der Waals surface area contributed by atoms with Crippen molar-refractivity contribution < 1.29 is 23.5 Å². The molecule has 2 atom stereocenters. The zero-order chi connectivity index (χ0) is 25.1. The van der Waals surface area contributed by atoms with E-state index in [9.17, 15) is 9.69 Å². The molecule has 7 heteroatoms. The van der Waals surface area contributed by atoms with Crippen molar-refractivity contribution in [1.82, 2.24) is 5.32 Å². The van der Waals surface area contributed by atoms with Gasteiger partial charge >= 0.3 is 14.6 Å². The Morgan fingerprint density at radius 1 is 0.765 bits per heavy atom. The lowest BCUT2D eigenvalue weighted by Crippen LogP contribution is -2.22. The van der Waals surface area contributed by atoms with Crippen LogP contribution in [0.4, 0.5) is 0 Å². The second kappa shape index (κ2) is 27.3. The van der Waals surface area contributed by atoms with Gasteiger partial charge in [0.25, 0.3) is 0 Å². The number of hydrogen-bond acceptors (Lipinski definition) is 6. The summed E-state index contributed by atoms with van der Waals surface area (Å²) in [7, 11) is -0.102. The first-order chi connectivity index (χ1) is 16.6. The smallest absolute Gasteiger partial charge is 0.330 e. The van der Waals surface area contributed by atoms with E-state index in [0.29, 0.717) is 13.2 Å². The largest absolute Gasteiger partial charge is 0.460 e. The van der Waals surface area contributed by atoms with E-state index < -0.39 is 8.60 Å². The Bertz CT molecular complexity index is 428. The molecule has 0 amide bonds. The molecule has 0 aliphatic carbocycles. The van der Waals surface area contributed by atoms with E-state index in [1.54, 1.807) is 0 Å². The zero-order valence-electron chi connectivity index (χ0n) is 22.7. The summed E-state index contributed by atoms with van der Waals surface area (Å²) < 4.78 is 15.8. The first-order valence-electron chi connectivity index (χ1n) is 14.2. The van der Waals surface area contributed by atoms with Crippen molar-refractivity contribution in [1.29, 1.82) is 0 Å². The van der Waals surface area contributed by atoms with Crippen LogP contribution in [0, 0.1) is 0 Å². The molecule has 0 saturated heterocycles. The molecule has 0 aliphatic heterocycles. The fourth-order valence-corrected chi connectivity index (χ4v) is 4.71. The summed E-state index contributed by atoms with van der Waals surface area (Å²) in [6.45, 7) is 4.90. The summed E-state index contributed by atoms with van der Waals surface area (Å²) in [5.41, 5.74) is 0. The van der Waals surface area contributed by atoms with Crippen molar-refractivity contribution in [3.63, 3.8) is 0 Å². The molecular formula is C27H56NO5P. The van der Waals surface area contributed by atoms with Crippen molar-refractivity contribution in [3.05, 3.63) is 0 Å². The summed E-state index contributed by atoms with van der Waals surface area (Å²) >= 11 is 0. The molecule has 2 N–H and O–H groups in total. The predicted molar refractivity (Wildman–Crippen MR) is 144 cm³/mol. The Labute approximate surface area is 212 Å². The Kier molecular flexibility index (Phi) is 27.1. The van der Waals surface area contributed by atoms with Crippen LogP contribution in [0.5, 0.6) is 0 Å². The molecule has 0 aromatic heterocycles. The second-order valence-corrected chi connectivity index (χ2v) is 10.5. The first kappa shape index (κ1) is 33.7. The van der Waals surface area contributed by atoms with Gasteiger partial charge in [-0.3, -0.25) is 4.79 Å². The van der Waals surface area contributed by atoms with E-state index in [1.807, 2.05) is 7.05 Å². The minimum atomic E-state index is -1.92. The number of carbonyl (C=O) groups excluding carboxylic acids is 1. The average molecular weight is 506 g/mol. The van der Waals surface area contributed by atoms with Crippen molar-refractivity contribution in [3.8, 4) is 0 Å². The Morgan fingerprint density at radius 3 is 1.62 bits per heavy atom. The van der Waals surface area contributed by atoms with Gasteiger partial charge in [-0.15, -0.1) is 0 Å². The summed E-state index contributed by atoms with van der Waals surface area (Å²) in [6.07, 6.45) is 24.7. The minimum absolute atomic E-state index is 0.181. The van der Waals surface area contributed by atoms with E-state index in [-0.39, 0.29) is 18.7 Å².